The van der Waals surface area contributed by atoms with Crippen molar-refractivity contribution in [1.82, 2.24) is 29.7 Å². The first kappa shape index (κ1) is 27.0. The summed E-state index contributed by atoms with van der Waals surface area (Å²) in [4.78, 5) is 24.1. The Morgan fingerprint density at radius 3 is 2.52 bits per heavy atom. The maximum Gasteiger partial charge on any atom is 0.317 e. The Morgan fingerprint density at radius 1 is 1.12 bits per heavy atom. The molecule has 2 amide bonds. The molecule has 3 aliphatic rings. The highest BCUT2D eigenvalue weighted by Gasteiger charge is 2.40. The van der Waals surface area contributed by atoms with Gasteiger partial charge in [-0.2, -0.15) is 5.10 Å². The lowest BCUT2D eigenvalue weighted by atomic mass is 9.84. The van der Waals surface area contributed by atoms with Gasteiger partial charge in [0.25, 0.3) is 0 Å². The SMILES string of the molecule is CCOC1(c2ccc(-c3cc4c(N5CCN(C(=O)NC(C)C)CC5)ccnn4c3)nc2)CCN(C2COC2)CC1. The fraction of sp³-hybridized carbons (Fsp3) is 0.567. The van der Waals surface area contributed by atoms with Crippen LogP contribution in [-0.2, 0) is 15.1 Å². The minimum atomic E-state index is -0.282. The molecule has 3 aromatic heterocycles. The number of anilines is 1. The van der Waals surface area contributed by atoms with Gasteiger partial charge in [-0.05, 0) is 51.8 Å². The molecule has 0 bridgehead atoms. The minimum absolute atomic E-state index is 0.0126. The molecular formula is C30H41N7O3. The van der Waals surface area contributed by atoms with E-state index in [0.717, 1.165) is 80.3 Å². The zero-order valence-corrected chi connectivity index (χ0v) is 23.9. The number of rotatable bonds is 7. The Labute approximate surface area is 236 Å². The molecule has 0 aliphatic carbocycles. The molecule has 0 atom stereocenters. The summed E-state index contributed by atoms with van der Waals surface area (Å²) in [5.74, 6) is 0. The lowest BCUT2D eigenvalue weighted by Gasteiger charge is -2.46. The van der Waals surface area contributed by atoms with Gasteiger partial charge in [0, 0.05) is 81.6 Å². The molecule has 40 heavy (non-hydrogen) atoms. The number of carbonyl (C=O) groups is 1. The molecule has 6 rings (SSSR count). The molecule has 0 radical (unpaired) electrons. The number of pyridine rings is 1. The number of piperidine rings is 1. The lowest BCUT2D eigenvalue weighted by molar-refractivity contribution is -0.122. The van der Waals surface area contributed by atoms with Crippen LogP contribution in [0.25, 0.3) is 16.8 Å². The van der Waals surface area contributed by atoms with Crippen molar-refractivity contribution in [2.24, 2.45) is 0 Å². The van der Waals surface area contributed by atoms with Crippen molar-refractivity contribution in [3.8, 4) is 11.3 Å². The number of nitrogens with zero attached hydrogens (tertiary/aromatic N) is 6. The van der Waals surface area contributed by atoms with Crippen LogP contribution in [0.15, 0.2) is 42.9 Å². The monoisotopic (exact) mass is 547 g/mol. The average Bonchev–Trinajstić information content (AvgIpc) is 3.38. The molecule has 0 unspecified atom stereocenters. The van der Waals surface area contributed by atoms with Gasteiger partial charge in [0.2, 0.25) is 0 Å². The van der Waals surface area contributed by atoms with Crippen LogP contribution in [0.3, 0.4) is 0 Å². The molecule has 214 valence electrons. The van der Waals surface area contributed by atoms with Gasteiger partial charge in [-0.15, -0.1) is 0 Å². The van der Waals surface area contributed by atoms with Crippen molar-refractivity contribution in [1.29, 1.82) is 0 Å². The van der Waals surface area contributed by atoms with Crippen LogP contribution < -0.4 is 10.2 Å². The number of likely N-dealkylation sites (tertiary alicyclic amines) is 1. The first-order valence-electron chi connectivity index (χ1n) is 14.7. The zero-order chi connectivity index (χ0) is 27.7. The Bertz CT molecular complexity index is 1300. The molecule has 3 saturated heterocycles. The maximum absolute atomic E-state index is 12.4. The molecule has 1 N–H and O–H groups in total. The number of hydrogen-bond acceptors (Lipinski definition) is 7. The number of ether oxygens (including phenoxy) is 2. The summed E-state index contributed by atoms with van der Waals surface area (Å²) in [6.45, 7) is 13.4. The maximum atomic E-state index is 12.4. The Balaban J connectivity index is 1.17. The van der Waals surface area contributed by atoms with Crippen molar-refractivity contribution in [2.75, 3.05) is 64.0 Å². The fourth-order valence-corrected chi connectivity index (χ4v) is 6.21. The minimum Gasteiger partial charge on any atom is -0.378 e. The van der Waals surface area contributed by atoms with Gasteiger partial charge in [0.15, 0.2) is 0 Å². The highest BCUT2D eigenvalue weighted by atomic mass is 16.5. The number of fused-ring (bicyclic) bond motifs is 1. The quantitative estimate of drug-likeness (QED) is 0.485. The van der Waals surface area contributed by atoms with Gasteiger partial charge >= 0.3 is 6.03 Å². The van der Waals surface area contributed by atoms with Gasteiger partial charge < -0.3 is 24.6 Å². The molecule has 0 spiro atoms. The molecule has 0 aromatic carbocycles. The third kappa shape index (κ3) is 5.27. The van der Waals surface area contributed by atoms with E-state index in [1.807, 2.05) is 41.9 Å². The van der Waals surface area contributed by atoms with E-state index in [1.165, 1.54) is 0 Å². The third-order valence-electron chi connectivity index (χ3n) is 8.55. The van der Waals surface area contributed by atoms with E-state index in [9.17, 15) is 4.79 Å². The summed E-state index contributed by atoms with van der Waals surface area (Å²) in [7, 11) is 0. The van der Waals surface area contributed by atoms with Gasteiger partial charge in [0.1, 0.15) is 0 Å². The predicted molar refractivity (Wildman–Crippen MR) is 155 cm³/mol. The number of aromatic nitrogens is 3. The number of carbonyl (C=O) groups excluding carboxylic acids is 1. The first-order chi connectivity index (χ1) is 19.5. The number of piperazine rings is 1. The van der Waals surface area contributed by atoms with E-state index in [2.05, 4.69) is 51.4 Å². The second-order valence-electron chi connectivity index (χ2n) is 11.4. The van der Waals surface area contributed by atoms with Crippen molar-refractivity contribution >= 4 is 17.2 Å². The van der Waals surface area contributed by atoms with E-state index in [-0.39, 0.29) is 17.7 Å². The standard InChI is InChI=1S/C30H41N7O3/c1-4-40-30(8-11-34(12-9-30)25-20-39-21-25)24-5-6-26(31-18-24)23-17-28-27(7-10-32-37(28)19-23)35-13-15-36(16-14-35)29(38)33-22(2)3/h5-7,10,17-19,22,25H,4,8-9,11-16,20-21H2,1-3H3,(H,33,38). The van der Waals surface area contributed by atoms with E-state index < -0.39 is 0 Å². The largest absolute Gasteiger partial charge is 0.378 e. The van der Waals surface area contributed by atoms with Crippen LogP contribution in [0.4, 0.5) is 10.5 Å². The van der Waals surface area contributed by atoms with Gasteiger partial charge in [-0.3, -0.25) is 9.88 Å². The number of amides is 2. The molecule has 3 aromatic rings. The summed E-state index contributed by atoms with van der Waals surface area (Å²) in [6.07, 6.45) is 7.83. The van der Waals surface area contributed by atoms with Crippen LogP contribution in [0.2, 0.25) is 0 Å². The summed E-state index contributed by atoms with van der Waals surface area (Å²) in [5.41, 5.74) is 5.00. The van der Waals surface area contributed by atoms with Crippen LogP contribution in [0, 0.1) is 0 Å². The Hall–Kier alpha value is -3.21. The van der Waals surface area contributed by atoms with Crippen LogP contribution >= 0.6 is 0 Å². The second-order valence-corrected chi connectivity index (χ2v) is 11.4. The summed E-state index contributed by atoms with van der Waals surface area (Å²) in [6, 6.07) is 9.25. The van der Waals surface area contributed by atoms with Crippen molar-refractivity contribution < 1.29 is 14.3 Å². The van der Waals surface area contributed by atoms with E-state index in [0.29, 0.717) is 25.7 Å². The molecule has 3 aliphatic heterocycles. The molecule has 6 heterocycles. The highest BCUT2D eigenvalue weighted by molar-refractivity contribution is 5.79. The van der Waals surface area contributed by atoms with E-state index in [1.54, 1.807) is 0 Å². The summed E-state index contributed by atoms with van der Waals surface area (Å²) < 4.78 is 13.7. The third-order valence-corrected chi connectivity index (χ3v) is 8.55. The Kier molecular flexibility index (Phi) is 7.65. The average molecular weight is 548 g/mol. The van der Waals surface area contributed by atoms with Gasteiger partial charge in [0.05, 0.1) is 41.8 Å². The van der Waals surface area contributed by atoms with E-state index in [4.69, 9.17) is 14.5 Å². The highest BCUT2D eigenvalue weighted by Crippen LogP contribution is 2.38. The fourth-order valence-electron chi connectivity index (χ4n) is 6.21. The lowest BCUT2D eigenvalue weighted by Crippen LogP contribution is -2.54. The molecular weight excluding hydrogens is 506 g/mol. The number of nitrogens with one attached hydrogen (secondary N) is 1. The smallest absolute Gasteiger partial charge is 0.317 e. The number of hydrogen-bond donors (Lipinski definition) is 1. The topological polar surface area (TPSA) is 87.5 Å². The molecule has 3 fully saturated rings. The van der Waals surface area contributed by atoms with Crippen LogP contribution in [0.5, 0.6) is 0 Å². The van der Waals surface area contributed by atoms with Crippen molar-refractivity contribution in [3.05, 3.63) is 48.4 Å². The second kappa shape index (κ2) is 11.3. The summed E-state index contributed by atoms with van der Waals surface area (Å²) >= 11 is 0. The molecule has 0 saturated carbocycles. The van der Waals surface area contributed by atoms with Gasteiger partial charge in [-0.25, -0.2) is 9.31 Å². The zero-order valence-electron chi connectivity index (χ0n) is 23.9. The Morgan fingerprint density at radius 2 is 1.90 bits per heavy atom. The number of urea groups is 1. The van der Waals surface area contributed by atoms with Gasteiger partial charge in [-0.1, -0.05) is 6.07 Å². The van der Waals surface area contributed by atoms with Crippen LogP contribution in [0.1, 0.15) is 39.2 Å². The molecule has 10 nitrogen and oxygen atoms in total. The normalized spacial score (nSPS) is 20.2. The molecule has 10 heteroatoms. The first-order valence-corrected chi connectivity index (χ1v) is 14.7. The van der Waals surface area contributed by atoms with E-state index >= 15 is 0 Å². The van der Waals surface area contributed by atoms with Crippen LogP contribution in [-0.4, -0.2) is 102 Å². The summed E-state index contributed by atoms with van der Waals surface area (Å²) in [5, 5.41) is 7.57. The van der Waals surface area contributed by atoms with Crippen molar-refractivity contribution in [2.45, 2.75) is 51.3 Å². The van der Waals surface area contributed by atoms with Crippen molar-refractivity contribution in [3.63, 3.8) is 0 Å². The predicted octanol–water partition coefficient (Wildman–Crippen LogP) is 3.36.